The third-order valence-electron chi connectivity index (χ3n) is 4.83. The summed E-state index contributed by atoms with van der Waals surface area (Å²) in [6.45, 7) is 1.58. The van der Waals surface area contributed by atoms with E-state index in [-0.39, 0.29) is 12.0 Å². The van der Waals surface area contributed by atoms with Crippen molar-refractivity contribution in [2.24, 2.45) is 5.92 Å². The first kappa shape index (κ1) is 15.8. The fourth-order valence-corrected chi connectivity index (χ4v) is 5.33. The molecule has 0 amide bonds. The SMILES string of the molecule is O=C(O)C1CCCN(C(c2ccsc2)c2csc3ccccc23)C1. The lowest BCUT2D eigenvalue weighted by atomic mass is 9.92. The second-order valence-corrected chi connectivity index (χ2v) is 8.01. The van der Waals surface area contributed by atoms with Gasteiger partial charge in [0.1, 0.15) is 0 Å². The minimum atomic E-state index is -0.668. The number of carboxylic acid groups (broad SMARTS) is 1. The van der Waals surface area contributed by atoms with Crippen LogP contribution in [0.4, 0.5) is 0 Å². The summed E-state index contributed by atoms with van der Waals surface area (Å²) < 4.78 is 1.29. The van der Waals surface area contributed by atoms with Crippen LogP contribution in [0.25, 0.3) is 10.1 Å². The van der Waals surface area contributed by atoms with Gasteiger partial charge in [0.25, 0.3) is 0 Å². The highest BCUT2D eigenvalue weighted by Crippen LogP contribution is 2.39. The summed E-state index contributed by atoms with van der Waals surface area (Å²) in [5.41, 5.74) is 2.58. The van der Waals surface area contributed by atoms with Crippen LogP contribution >= 0.6 is 22.7 Å². The summed E-state index contributed by atoms with van der Waals surface area (Å²) in [5.74, 6) is -0.927. The van der Waals surface area contributed by atoms with Crippen molar-refractivity contribution in [1.29, 1.82) is 0 Å². The number of thiophene rings is 2. The highest BCUT2D eigenvalue weighted by Gasteiger charge is 2.32. The molecule has 1 aromatic carbocycles. The zero-order valence-corrected chi connectivity index (χ0v) is 14.9. The maximum absolute atomic E-state index is 11.5. The Morgan fingerprint density at radius 3 is 2.92 bits per heavy atom. The molecule has 1 aliphatic heterocycles. The van der Waals surface area contributed by atoms with Gasteiger partial charge < -0.3 is 5.11 Å². The van der Waals surface area contributed by atoms with Gasteiger partial charge in [0.15, 0.2) is 0 Å². The van der Waals surface area contributed by atoms with Crippen LogP contribution in [0.5, 0.6) is 0 Å². The molecule has 0 spiro atoms. The number of hydrogen-bond donors (Lipinski definition) is 1. The second-order valence-electron chi connectivity index (χ2n) is 6.32. The Balaban J connectivity index is 1.77. The van der Waals surface area contributed by atoms with Gasteiger partial charge in [-0.1, -0.05) is 18.2 Å². The van der Waals surface area contributed by atoms with Crippen LogP contribution in [0, 0.1) is 5.92 Å². The minimum Gasteiger partial charge on any atom is -0.481 e. The number of benzene rings is 1. The van der Waals surface area contributed by atoms with Crippen molar-refractivity contribution in [1.82, 2.24) is 4.90 Å². The van der Waals surface area contributed by atoms with Crippen molar-refractivity contribution >= 4 is 38.7 Å². The number of aliphatic carboxylic acids is 1. The Morgan fingerprint density at radius 1 is 1.25 bits per heavy atom. The number of carbonyl (C=O) groups is 1. The Bertz CT molecular complexity index is 840. The van der Waals surface area contributed by atoms with Crippen molar-refractivity contribution in [2.45, 2.75) is 18.9 Å². The molecule has 0 bridgehead atoms. The van der Waals surface area contributed by atoms with E-state index in [0.29, 0.717) is 6.54 Å². The molecule has 0 saturated carbocycles. The van der Waals surface area contributed by atoms with Crippen LogP contribution in [0.15, 0.2) is 46.5 Å². The predicted molar refractivity (Wildman–Crippen MR) is 99.9 cm³/mol. The van der Waals surface area contributed by atoms with Crippen molar-refractivity contribution < 1.29 is 9.90 Å². The highest BCUT2D eigenvalue weighted by molar-refractivity contribution is 7.17. The normalized spacial score (nSPS) is 20.2. The van der Waals surface area contributed by atoms with Crippen molar-refractivity contribution in [3.05, 3.63) is 57.6 Å². The van der Waals surface area contributed by atoms with E-state index in [1.807, 2.05) is 0 Å². The van der Waals surface area contributed by atoms with Crippen LogP contribution in [-0.4, -0.2) is 29.1 Å². The Kier molecular flexibility index (Phi) is 4.39. The number of likely N-dealkylation sites (tertiary alicyclic amines) is 1. The maximum Gasteiger partial charge on any atom is 0.307 e. The van der Waals surface area contributed by atoms with E-state index in [1.54, 1.807) is 22.7 Å². The molecule has 1 N–H and O–H groups in total. The highest BCUT2D eigenvalue weighted by atomic mass is 32.1. The molecule has 24 heavy (non-hydrogen) atoms. The van der Waals surface area contributed by atoms with Gasteiger partial charge in [-0.2, -0.15) is 11.3 Å². The van der Waals surface area contributed by atoms with E-state index >= 15 is 0 Å². The van der Waals surface area contributed by atoms with E-state index < -0.39 is 5.97 Å². The fraction of sp³-hybridized carbons (Fsp3) is 0.316. The topological polar surface area (TPSA) is 40.5 Å². The molecule has 3 heterocycles. The number of piperidine rings is 1. The lowest BCUT2D eigenvalue weighted by Gasteiger charge is -2.37. The molecule has 0 aliphatic carbocycles. The van der Waals surface area contributed by atoms with Gasteiger partial charge in [-0.3, -0.25) is 9.69 Å². The van der Waals surface area contributed by atoms with E-state index in [2.05, 4.69) is 51.4 Å². The summed E-state index contributed by atoms with van der Waals surface area (Å²) in [4.78, 5) is 13.8. The zero-order valence-electron chi connectivity index (χ0n) is 13.2. The van der Waals surface area contributed by atoms with Crippen LogP contribution in [-0.2, 0) is 4.79 Å². The molecule has 1 saturated heterocycles. The van der Waals surface area contributed by atoms with Gasteiger partial charge in [0.05, 0.1) is 12.0 Å². The fourth-order valence-electron chi connectivity index (χ4n) is 3.67. The molecule has 0 radical (unpaired) electrons. The first-order valence-electron chi connectivity index (χ1n) is 8.19. The Hall–Kier alpha value is -1.69. The molecule has 5 heteroatoms. The van der Waals surface area contributed by atoms with Gasteiger partial charge in [-0.05, 0) is 64.2 Å². The number of carboxylic acids is 1. The quantitative estimate of drug-likeness (QED) is 0.726. The first-order valence-corrected chi connectivity index (χ1v) is 10.0. The average Bonchev–Trinajstić information content (AvgIpc) is 3.26. The summed E-state index contributed by atoms with van der Waals surface area (Å²) in [7, 11) is 0. The van der Waals surface area contributed by atoms with Gasteiger partial charge in [0.2, 0.25) is 0 Å². The summed E-state index contributed by atoms with van der Waals surface area (Å²) >= 11 is 3.47. The van der Waals surface area contributed by atoms with E-state index in [4.69, 9.17) is 0 Å². The Labute approximate surface area is 149 Å². The van der Waals surface area contributed by atoms with E-state index in [9.17, 15) is 9.90 Å². The van der Waals surface area contributed by atoms with E-state index in [1.165, 1.54) is 21.2 Å². The summed E-state index contributed by atoms with van der Waals surface area (Å²) in [6, 6.07) is 10.8. The molecule has 2 unspecified atom stereocenters. The molecule has 3 nitrogen and oxygen atoms in total. The lowest BCUT2D eigenvalue weighted by Crippen LogP contribution is -2.41. The number of fused-ring (bicyclic) bond motifs is 1. The predicted octanol–water partition coefficient (Wildman–Crippen LogP) is 4.85. The van der Waals surface area contributed by atoms with Gasteiger partial charge in [-0.25, -0.2) is 0 Å². The third kappa shape index (κ3) is 2.88. The third-order valence-corrected chi connectivity index (χ3v) is 6.51. The number of hydrogen-bond acceptors (Lipinski definition) is 4. The number of rotatable bonds is 4. The van der Waals surface area contributed by atoms with Crippen molar-refractivity contribution in [2.75, 3.05) is 13.1 Å². The molecule has 2 atom stereocenters. The van der Waals surface area contributed by atoms with Gasteiger partial charge in [-0.15, -0.1) is 11.3 Å². The molecule has 3 aromatic rings. The molecule has 124 valence electrons. The largest absolute Gasteiger partial charge is 0.481 e. The van der Waals surface area contributed by atoms with Gasteiger partial charge >= 0.3 is 5.97 Å². The van der Waals surface area contributed by atoms with Crippen molar-refractivity contribution in [3.8, 4) is 0 Å². The molecule has 2 aromatic heterocycles. The molecule has 4 rings (SSSR count). The molecule has 1 fully saturated rings. The summed E-state index contributed by atoms with van der Waals surface area (Å²) in [6.07, 6.45) is 1.73. The molecule has 1 aliphatic rings. The standard InChI is InChI=1S/C19H19NO2S2/c21-19(22)13-4-3-8-20(10-13)18(14-7-9-23-11-14)16-12-24-17-6-2-1-5-15(16)17/h1-2,5-7,9,11-13,18H,3-4,8,10H2,(H,21,22). The number of nitrogens with zero attached hydrogens (tertiary/aromatic N) is 1. The summed E-state index contributed by atoms with van der Waals surface area (Å²) in [5, 5.41) is 17.3. The van der Waals surface area contributed by atoms with Crippen LogP contribution in [0.1, 0.15) is 30.0 Å². The monoisotopic (exact) mass is 357 g/mol. The zero-order chi connectivity index (χ0) is 16.5. The minimum absolute atomic E-state index is 0.148. The molecular formula is C19H19NO2S2. The van der Waals surface area contributed by atoms with Crippen molar-refractivity contribution in [3.63, 3.8) is 0 Å². The first-order chi connectivity index (χ1) is 11.7. The lowest BCUT2D eigenvalue weighted by molar-refractivity contribution is -0.143. The smallest absolute Gasteiger partial charge is 0.307 e. The maximum atomic E-state index is 11.5. The van der Waals surface area contributed by atoms with Crippen LogP contribution in [0.2, 0.25) is 0 Å². The van der Waals surface area contributed by atoms with E-state index in [0.717, 1.165) is 19.4 Å². The van der Waals surface area contributed by atoms with Gasteiger partial charge in [0, 0.05) is 11.2 Å². The average molecular weight is 358 g/mol. The van der Waals surface area contributed by atoms with Crippen LogP contribution < -0.4 is 0 Å². The van der Waals surface area contributed by atoms with Crippen LogP contribution in [0.3, 0.4) is 0 Å². The molecular weight excluding hydrogens is 338 g/mol. The second kappa shape index (κ2) is 6.67. The Morgan fingerprint density at radius 2 is 2.12 bits per heavy atom.